The average molecular weight is 322 g/mol. The largest absolute Gasteiger partial charge is 0.298 e. The summed E-state index contributed by atoms with van der Waals surface area (Å²) in [6, 6.07) is 0.834. The highest BCUT2D eigenvalue weighted by molar-refractivity contribution is 4.98. The third kappa shape index (κ3) is 3.77. The monoisotopic (exact) mass is 321 g/mol. The Balaban J connectivity index is 1.45. The molecule has 0 aromatic rings. The molecule has 0 amide bonds. The number of rotatable bonds is 1. The van der Waals surface area contributed by atoms with Crippen molar-refractivity contribution in [3.8, 4) is 0 Å². The van der Waals surface area contributed by atoms with Crippen molar-refractivity contribution < 1.29 is 0 Å². The number of hydrogen-bond acceptors (Lipinski definition) is 3. The van der Waals surface area contributed by atoms with E-state index in [2.05, 4.69) is 56.2 Å². The molecule has 0 radical (unpaired) electrons. The van der Waals surface area contributed by atoms with Crippen LogP contribution < -0.4 is 0 Å². The molecule has 3 heterocycles. The van der Waals surface area contributed by atoms with Crippen molar-refractivity contribution in [3.05, 3.63) is 0 Å². The molecule has 0 aromatic carbocycles. The van der Waals surface area contributed by atoms with Gasteiger partial charge in [-0.25, -0.2) is 0 Å². The van der Waals surface area contributed by atoms with E-state index in [1.165, 1.54) is 65.0 Å². The van der Waals surface area contributed by atoms with Crippen LogP contribution in [0.4, 0.5) is 0 Å². The molecule has 0 atom stereocenters. The summed E-state index contributed by atoms with van der Waals surface area (Å²) in [6.07, 6.45) is 5.74. The molecule has 3 rings (SSSR count). The molecule has 134 valence electrons. The molecule has 3 fully saturated rings. The Hall–Kier alpha value is -0.120. The number of hydrogen-bond donors (Lipinski definition) is 0. The van der Waals surface area contributed by atoms with Gasteiger partial charge in [-0.2, -0.15) is 0 Å². The predicted molar refractivity (Wildman–Crippen MR) is 98.9 cm³/mol. The molecule has 0 aromatic heterocycles. The summed E-state index contributed by atoms with van der Waals surface area (Å²) in [5.41, 5.74) is 1.38. The van der Waals surface area contributed by atoms with Gasteiger partial charge >= 0.3 is 0 Å². The molecule has 3 aliphatic rings. The highest BCUT2D eigenvalue weighted by Crippen LogP contribution is 2.43. The molecule has 0 unspecified atom stereocenters. The normalized spacial score (nSPS) is 29.0. The van der Waals surface area contributed by atoms with Gasteiger partial charge in [0.2, 0.25) is 0 Å². The summed E-state index contributed by atoms with van der Waals surface area (Å²) in [5, 5.41) is 0. The van der Waals surface area contributed by atoms with Crippen LogP contribution in [-0.2, 0) is 0 Å². The third-order valence-corrected chi connectivity index (χ3v) is 6.96. The van der Waals surface area contributed by atoms with E-state index in [4.69, 9.17) is 0 Å². The minimum atomic E-state index is 0.352. The number of piperidine rings is 2. The highest BCUT2D eigenvalue weighted by Gasteiger charge is 2.43. The smallest absolute Gasteiger partial charge is 0.0350 e. The Labute approximate surface area is 144 Å². The van der Waals surface area contributed by atoms with Crippen molar-refractivity contribution in [1.29, 1.82) is 0 Å². The third-order valence-electron chi connectivity index (χ3n) is 6.96. The van der Waals surface area contributed by atoms with Gasteiger partial charge in [0, 0.05) is 30.2 Å². The van der Waals surface area contributed by atoms with Crippen LogP contribution in [0.5, 0.6) is 0 Å². The van der Waals surface area contributed by atoms with E-state index in [0.717, 1.165) is 6.04 Å². The van der Waals surface area contributed by atoms with Crippen LogP contribution in [0, 0.1) is 5.41 Å². The van der Waals surface area contributed by atoms with Crippen LogP contribution in [0.3, 0.4) is 0 Å². The van der Waals surface area contributed by atoms with Crippen molar-refractivity contribution in [3.63, 3.8) is 0 Å². The van der Waals surface area contributed by atoms with Gasteiger partial charge < -0.3 is 0 Å². The first-order valence-corrected chi connectivity index (χ1v) is 9.83. The lowest BCUT2D eigenvalue weighted by Crippen LogP contribution is -2.66. The molecule has 0 aliphatic carbocycles. The maximum Gasteiger partial charge on any atom is 0.0350 e. The van der Waals surface area contributed by atoms with Gasteiger partial charge in [-0.1, -0.05) is 0 Å². The van der Waals surface area contributed by atoms with Crippen molar-refractivity contribution in [1.82, 2.24) is 14.7 Å². The second kappa shape index (κ2) is 6.00. The molecule has 1 spiro atoms. The summed E-state index contributed by atoms with van der Waals surface area (Å²) in [6.45, 7) is 22.0. The predicted octanol–water partition coefficient (Wildman–Crippen LogP) is 3.45. The van der Waals surface area contributed by atoms with Crippen LogP contribution >= 0.6 is 0 Å². The Bertz CT molecular complexity index is 394. The fourth-order valence-corrected chi connectivity index (χ4v) is 4.75. The van der Waals surface area contributed by atoms with Crippen LogP contribution in [0.2, 0.25) is 0 Å². The van der Waals surface area contributed by atoms with E-state index < -0.39 is 0 Å². The molecule has 3 heteroatoms. The van der Waals surface area contributed by atoms with E-state index in [9.17, 15) is 0 Å². The van der Waals surface area contributed by atoms with Gasteiger partial charge in [0.1, 0.15) is 0 Å². The van der Waals surface area contributed by atoms with E-state index in [1.54, 1.807) is 0 Å². The lowest BCUT2D eigenvalue weighted by molar-refractivity contribution is -0.0574. The summed E-state index contributed by atoms with van der Waals surface area (Å²) in [4.78, 5) is 8.12. The minimum Gasteiger partial charge on any atom is -0.298 e. The number of likely N-dealkylation sites (tertiary alicyclic amines) is 3. The molecule has 3 nitrogen and oxygen atoms in total. The van der Waals surface area contributed by atoms with Crippen LogP contribution in [0.15, 0.2) is 0 Å². The molecule has 3 aliphatic heterocycles. The Morgan fingerprint density at radius 2 is 1.09 bits per heavy atom. The van der Waals surface area contributed by atoms with E-state index in [-0.39, 0.29) is 0 Å². The van der Waals surface area contributed by atoms with E-state index in [1.807, 2.05) is 0 Å². The van der Waals surface area contributed by atoms with Crippen molar-refractivity contribution in [2.24, 2.45) is 5.41 Å². The molecule has 0 bridgehead atoms. The van der Waals surface area contributed by atoms with Gasteiger partial charge in [-0.3, -0.25) is 14.7 Å². The summed E-state index contributed by atoms with van der Waals surface area (Å²) in [7, 11) is 0. The summed E-state index contributed by atoms with van der Waals surface area (Å²) >= 11 is 0. The Kier molecular flexibility index (Phi) is 4.61. The molecular weight excluding hydrogens is 282 g/mol. The van der Waals surface area contributed by atoms with Crippen LogP contribution in [0.1, 0.15) is 67.2 Å². The van der Waals surface area contributed by atoms with Gasteiger partial charge in [0.25, 0.3) is 0 Å². The Morgan fingerprint density at radius 1 is 0.652 bits per heavy atom. The first-order chi connectivity index (χ1) is 10.6. The molecule has 23 heavy (non-hydrogen) atoms. The van der Waals surface area contributed by atoms with E-state index >= 15 is 0 Å². The molecule has 3 saturated heterocycles. The fourth-order valence-electron chi connectivity index (χ4n) is 4.75. The second-order valence-corrected chi connectivity index (χ2v) is 10.4. The van der Waals surface area contributed by atoms with Crippen LogP contribution in [-0.4, -0.2) is 71.1 Å². The van der Waals surface area contributed by atoms with Gasteiger partial charge in [0.05, 0.1) is 0 Å². The zero-order valence-electron chi connectivity index (χ0n) is 16.5. The standard InChI is InChI=1S/C20H39N3/c1-18(2,3)22-13-9-20(10-14-22)7-11-21(12-8-20)17-15-23(16-17)19(4,5)6/h17H,7-16H2,1-6H3. The number of nitrogens with zero attached hydrogens (tertiary/aromatic N) is 3. The van der Waals surface area contributed by atoms with Crippen molar-refractivity contribution >= 4 is 0 Å². The van der Waals surface area contributed by atoms with Crippen LogP contribution in [0.25, 0.3) is 0 Å². The SMILES string of the molecule is CC(C)(C)N1CCC2(CCN(C3CN(C(C)(C)C)C3)CC2)CC1. The van der Waals surface area contributed by atoms with E-state index in [0.29, 0.717) is 16.5 Å². The highest BCUT2D eigenvalue weighted by atomic mass is 15.3. The van der Waals surface area contributed by atoms with Crippen molar-refractivity contribution in [2.45, 2.75) is 84.3 Å². The lowest BCUT2D eigenvalue weighted by atomic mass is 9.70. The van der Waals surface area contributed by atoms with Gasteiger partial charge in [-0.15, -0.1) is 0 Å². The first-order valence-electron chi connectivity index (χ1n) is 9.83. The first kappa shape index (κ1) is 17.7. The lowest BCUT2D eigenvalue weighted by Gasteiger charge is -2.55. The van der Waals surface area contributed by atoms with Crippen molar-refractivity contribution in [2.75, 3.05) is 39.3 Å². The molecular formula is C20H39N3. The topological polar surface area (TPSA) is 9.72 Å². The minimum absolute atomic E-state index is 0.352. The Morgan fingerprint density at radius 3 is 1.52 bits per heavy atom. The van der Waals surface area contributed by atoms with Gasteiger partial charge in [0.15, 0.2) is 0 Å². The zero-order valence-corrected chi connectivity index (χ0v) is 16.5. The maximum atomic E-state index is 2.80. The quantitative estimate of drug-likeness (QED) is 0.732. The molecule has 0 saturated carbocycles. The summed E-state index contributed by atoms with van der Waals surface area (Å²) in [5.74, 6) is 0. The average Bonchev–Trinajstić information content (AvgIpc) is 2.37. The maximum absolute atomic E-state index is 2.80. The van der Waals surface area contributed by atoms with Gasteiger partial charge in [-0.05, 0) is 98.8 Å². The zero-order chi connectivity index (χ0) is 16.9. The molecule has 0 N–H and O–H groups in total. The second-order valence-electron chi connectivity index (χ2n) is 10.4. The summed E-state index contributed by atoms with van der Waals surface area (Å²) < 4.78 is 0. The fraction of sp³-hybridized carbons (Fsp3) is 1.00.